The highest BCUT2D eigenvalue weighted by Gasteiger charge is 2.17. The van der Waals surface area contributed by atoms with Gasteiger partial charge in [0.2, 0.25) is 0 Å². The fraction of sp³-hybridized carbons (Fsp3) is 0.250. The Bertz CT molecular complexity index is 613. The first-order chi connectivity index (χ1) is 9.52. The monoisotopic (exact) mass is 507 g/mol. The fourth-order valence-electron chi connectivity index (χ4n) is 2.18. The van der Waals surface area contributed by atoms with Crippen LogP contribution in [0.4, 0.5) is 0 Å². The van der Waals surface area contributed by atoms with Gasteiger partial charge in [0, 0.05) is 12.5 Å². The molecule has 0 amide bonds. The maximum absolute atomic E-state index is 3.71. The topological polar surface area (TPSA) is 12.0 Å². The molecule has 1 unspecified atom stereocenters. The summed E-state index contributed by atoms with van der Waals surface area (Å²) in [4.78, 5) is 0. The van der Waals surface area contributed by atoms with Crippen LogP contribution in [0, 0.1) is 10.5 Å². The van der Waals surface area contributed by atoms with Gasteiger partial charge in [0.25, 0.3) is 0 Å². The predicted octanol–water partition coefficient (Wildman–Crippen LogP) is 5.82. The molecule has 2 rings (SSSR count). The van der Waals surface area contributed by atoms with Crippen LogP contribution < -0.4 is 5.32 Å². The van der Waals surface area contributed by atoms with E-state index in [-0.39, 0.29) is 6.04 Å². The molecule has 2 aromatic rings. The molecule has 1 nitrogen and oxygen atoms in total. The van der Waals surface area contributed by atoms with Crippen LogP contribution in [0.15, 0.2) is 45.3 Å². The number of hydrogen-bond acceptors (Lipinski definition) is 1. The van der Waals surface area contributed by atoms with Crippen molar-refractivity contribution in [3.05, 3.63) is 65.6 Å². The first-order valence-electron chi connectivity index (χ1n) is 6.47. The molecule has 0 saturated heterocycles. The summed E-state index contributed by atoms with van der Waals surface area (Å²) >= 11 is 9.70. The van der Waals surface area contributed by atoms with Crippen molar-refractivity contribution in [3.63, 3.8) is 0 Å². The SMILES string of the molecule is CCNC(c1cccc(I)c1)c1cc(Br)c(C)cc1Br. The third-order valence-electron chi connectivity index (χ3n) is 3.18. The van der Waals surface area contributed by atoms with Crippen molar-refractivity contribution in [1.82, 2.24) is 5.32 Å². The molecular weight excluding hydrogens is 493 g/mol. The van der Waals surface area contributed by atoms with Crippen molar-refractivity contribution in [2.45, 2.75) is 19.9 Å². The van der Waals surface area contributed by atoms with Gasteiger partial charge in [-0.1, -0.05) is 50.9 Å². The summed E-state index contributed by atoms with van der Waals surface area (Å²) in [5.41, 5.74) is 3.78. The number of rotatable bonds is 4. The lowest BCUT2D eigenvalue weighted by atomic mass is 9.98. The Morgan fingerprint density at radius 1 is 1.15 bits per heavy atom. The second kappa shape index (κ2) is 7.38. The van der Waals surface area contributed by atoms with Crippen molar-refractivity contribution >= 4 is 54.5 Å². The number of aryl methyl sites for hydroxylation is 1. The highest BCUT2D eigenvalue weighted by molar-refractivity contribution is 14.1. The molecule has 1 atom stereocenters. The number of halogens is 3. The maximum atomic E-state index is 3.71. The molecule has 0 saturated carbocycles. The van der Waals surface area contributed by atoms with E-state index in [1.807, 2.05) is 0 Å². The molecule has 0 aliphatic carbocycles. The van der Waals surface area contributed by atoms with Crippen molar-refractivity contribution in [2.24, 2.45) is 0 Å². The zero-order chi connectivity index (χ0) is 14.7. The molecule has 0 aliphatic rings. The molecule has 0 fully saturated rings. The van der Waals surface area contributed by atoms with E-state index in [0.717, 1.165) is 15.5 Å². The molecule has 0 bridgehead atoms. The normalized spacial score (nSPS) is 12.4. The summed E-state index contributed by atoms with van der Waals surface area (Å²) in [7, 11) is 0. The van der Waals surface area contributed by atoms with Gasteiger partial charge < -0.3 is 5.32 Å². The number of nitrogens with one attached hydrogen (secondary N) is 1. The average Bonchev–Trinajstić information content (AvgIpc) is 2.40. The van der Waals surface area contributed by atoms with Crippen LogP contribution in [0.3, 0.4) is 0 Å². The Labute approximate surface area is 150 Å². The molecule has 0 aliphatic heterocycles. The van der Waals surface area contributed by atoms with E-state index < -0.39 is 0 Å². The summed E-state index contributed by atoms with van der Waals surface area (Å²) in [6.45, 7) is 5.17. The van der Waals surface area contributed by atoms with Crippen molar-refractivity contribution in [2.75, 3.05) is 6.54 Å². The second-order valence-corrected chi connectivity index (χ2v) is 7.62. The Morgan fingerprint density at radius 2 is 1.90 bits per heavy atom. The lowest BCUT2D eigenvalue weighted by molar-refractivity contribution is 0.628. The Kier molecular flexibility index (Phi) is 6.08. The fourth-order valence-corrected chi connectivity index (χ4v) is 3.80. The maximum Gasteiger partial charge on any atom is 0.0588 e. The zero-order valence-electron chi connectivity index (χ0n) is 11.4. The minimum atomic E-state index is 0.195. The molecule has 2 aromatic carbocycles. The van der Waals surface area contributed by atoms with Crippen LogP contribution in [0.2, 0.25) is 0 Å². The number of hydrogen-bond donors (Lipinski definition) is 1. The summed E-state index contributed by atoms with van der Waals surface area (Å²) in [6, 6.07) is 13.2. The van der Waals surface area contributed by atoms with Gasteiger partial charge in [-0.2, -0.15) is 0 Å². The lowest BCUT2D eigenvalue weighted by Gasteiger charge is -2.21. The smallest absolute Gasteiger partial charge is 0.0588 e. The van der Waals surface area contributed by atoms with E-state index in [2.05, 4.69) is 110 Å². The third kappa shape index (κ3) is 3.84. The minimum Gasteiger partial charge on any atom is -0.306 e. The summed E-state index contributed by atoms with van der Waals surface area (Å²) < 4.78 is 3.54. The average molecular weight is 509 g/mol. The molecule has 20 heavy (non-hydrogen) atoms. The molecule has 1 N–H and O–H groups in total. The van der Waals surface area contributed by atoms with Crippen molar-refractivity contribution < 1.29 is 0 Å². The van der Waals surface area contributed by atoms with Crippen LogP contribution >= 0.6 is 54.5 Å². The summed E-state index contributed by atoms with van der Waals surface area (Å²) in [5, 5.41) is 3.58. The minimum absolute atomic E-state index is 0.195. The van der Waals surface area contributed by atoms with E-state index in [4.69, 9.17) is 0 Å². The van der Waals surface area contributed by atoms with Gasteiger partial charge in [0.1, 0.15) is 0 Å². The molecule has 0 aromatic heterocycles. The highest BCUT2D eigenvalue weighted by atomic mass is 127. The highest BCUT2D eigenvalue weighted by Crippen LogP contribution is 2.33. The van der Waals surface area contributed by atoms with Crippen molar-refractivity contribution in [3.8, 4) is 0 Å². The van der Waals surface area contributed by atoms with E-state index in [9.17, 15) is 0 Å². The molecule has 4 heteroatoms. The predicted molar refractivity (Wildman–Crippen MR) is 101 cm³/mol. The van der Waals surface area contributed by atoms with Crippen LogP contribution in [0.1, 0.15) is 29.7 Å². The van der Waals surface area contributed by atoms with E-state index >= 15 is 0 Å². The van der Waals surface area contributed by atoms with Gasteiger partial charge >= 0.3 is 0 Å². The van der Waals surface area contributed by atoms with Gasteiger partial charge in [0.05, 0.1) is 6.04 Å². The molecule has 0 spiro atoms. The van der Waals surface area contributed by atoms with Gasteiger partial charge in [-0.3, -0.25) is 0 Å². The van der Waals surface area contributed by atoms with E-state index in [0.29, 0.717) is 0 Å². The van der Waals surface area contributed by atoms with Crippen LogP contribution in [0.25, 0.3) is 0 Å². The van der Waals surface area contributed by atoms with Crippen molar-refractivity contribution in [1.29, 1.82) is 0 Å². The Hall–Kier alpha value is 0.0900. The first kappa shape index (κ1) is 16.5. The lowest BCUT2D eigenvalue weighted by Crippen LogP contribution is -2.22. The van der Waals surface area contributed by atoms with Crippen LogP contribution in [0.5, 0.6) is 0 Å². The molecular formula is C16H16Br2IN. The quantitative estimate of drug-likeness (QED) is 0.513. The van der Waals surface area contributed by atoms with Crippen LogP contribution in [-0.2, 0) is 0 Å². The van der Waals surface area contributed by atoms with Gasteiger partial charge in [-0.05, 0) is 77.0 Å². The number of benzene rings is 2. The standard InChI is InChI=1S/C16H16Br2IN/c1-3-20-16(11-5-4-6-12(19)8-11)13-9-14(17)10(2)7-15(13)18/h4-9,16,20H,3H2,1-2H3. The van der Waals surface area contributed by atoms with E-state index in [1.165, 1.54) is 20.3 Å². The Morgan fingerprint density at radius 3 is 2.55 bits per heavy atom. The van der Waals surface area contributed by atoms with Gasteiger partial charge in [-0.25, -0.2) is 0 Å². The first-order valence-corrected chi connectivity index (χ1v) is 9.13. The van der Waals surface area contributed by atoms with Gasteiger partial charge in [-0.15, -0.1) is 0 Å². The van der Waals surface area contributed by atoms with Crippen LogP contribution in [-0.4, -0.2) is 6.54 Å². The Balaban J connectivity index is 2.51. The molecule has 0 radical (unpaired) electrons. The summed E-state index contributed by atoms with van der Waals surface area (Å²) in [6.07, 6.45) is 0. The third-order valence-corrected chi connectivity index (χ3v) is 5.39. The van der Waals surface area contributed by atoms with Gasteiger partial charge in [0.15, 0.2) is 0 Å². The second-order valence-electron chi connectivity index (χ2n) is 4.67. The zero-order valence-corrected chi connectivity index (χ0v) is 16.7. The molecule has 0 heterocycles. The largest absolute Gasteiger partial charge is 0.306 e. The molecule has 106 valence electrons. The van der Waals surface area contributed by atoms with E-state index in [1.54, 1.807) is 0 Å². The summed E-state index contributed by atoms with van der Waals surface area (Å²) in [5.74, 6) is 0.